The normalized spacial score (nSPS) is 10.2. The number of nitrogens with zero attached hydrogens (tertiary/aromatic N) is 1. The number of hydrogen-bond acceptors (Lipinski definition) is 4. The maximum absolute atomic E-state index is 12.6. The molecule has 138 valence electrons. The molecule has 1 N–H and O–H groups in total. The lowest BCUT2D eigenvalue weighted by Gasteiger charge is -2.22. The van der Waals surface area contributed by atoms with Gasteiger partial charge in [-0.25, -0.2) is 0 Å². The van der Waals surface area contributed by atoms with Crippen molar-refractivity contribution in [3.8, 4) is 11.5 Å². The molecule has 0 saturated carbocycles. The van der Waals surface area contributed by atoms with Crippen molar-refractivity contribution >= 4 is 29.1 Å². The van der Waals surface area contributed by atoms with Crippen LogP contribution in [0.3, 0.4) is 0 Å². The summed E-state index contributed by atoms with van der Waals surface area (Å²) in [5, 5.41) is 3.33. The standard InChI is InChI=1S/C19H21ClN2O4/c1-13(23)22(15-7-4-6-14(20)12-15)11-10-21-19(24)18-16(25-2)8-5-9-17(18)26-3/h4-9,12H,10-11H2,1-3H3,(H,21,24). The van der Waals surface area contributed by atoms with Crippen molar-refractivity contribution in [2.45, 2.75) is 6.92 Å². The molecule has 0 aliphatic carbocycles. The van der Waals surface area contributed by atoms with Crippen LogP contribution in [-0.4, -0.2) is 39.1 Å². The summed E-state index contributed by atoms with van der Waals surface area (Å²) >= 11 is 5.99. The van der Waals surface area contributed by atoms with Gasteiger partial charge >= 0.3 is 0 Å². The molecule has 26 heavy (non-hydrogen) atoms. The van der Waals surface area contributed by atoms with Gasteiger partial charge in [-0.2, -0.15) is 0 Å². The highest BCUT2D eigenvalue weighted by Gasteiger charge is 2.18. The monoisotopic (exact) mass is 376 g/mol. The summed E-state index contributed by atoms with van der Waals surface area (Å²) in [4.78, 5) is 26.0. The van der Waals surface area contributed by atoms with Gasteiger partial charge in [0.2, 0.25) is 5.91 Å². The highest BCUT2D eigenvalue weighted by atomic mass is 35.5. The fourth-order valence-corrected chi connectivity index (χ4v) is 2.74. The van der Waals surface area contributed by atoms with E-state index in [9.17, 15) is 9.59 Å². The molecule has 2 aromatic rings. The lowest BCUT2D eigenvalue weighted by molar-refractivity contribution is -0.116. The number of benzene rings is 2. The zero-order valence-corrected chi connectivity index (χ0v) is 15.7. The first kappa shape index (κ1) is 19.6. The van der Waals surface area contributed by atoms with E-state index in [0.29, 0.717) is 34.3 Å². The number of hydrogen-bond donors (Lipinski definition) is 1. The Bertz CT molecular complexity index is 773. The van der Waals surface area contributed by atoms with Crippen LogP contribution in [0.5, 0.6) is 11.5 Å². The maximum atomic E-state index is 12.6. The Kier molecular flexibility index (Phi) is 6.86. The number of anilines is 1. The van der Waals surface area contributed by atoms with Crippen molar-refractivity contribution in [2.24, 2.45) is 0 Å². The Morgan fingerprint density at radius 1 is 1.08 bits per heavy atom. The number of methoxy groups -OCH3 is 2. The van der Waals surface area contributed by atoms with Crippen LogP contribution in [0, 0.1) is 0 Å². The van der Waals surface area contributed by atoms with Gasteiger partial charge < -0.3 is 19.7 Å². The van der Waals surface area contributed by atoms with E-state index in [2.05, 4.69) is 5.32 Å². The van der Waals surface area contributed by atoms with Crippen LogP contribution in [0.15, 0.2) is 42.5 Å². The Morgan fingerprint density at radius 2 is 1.69 bits per heavy atom. The quantitative estimate of drug-likeness (QED) is 0.806. The summed E-state index contributed by atoms with van der Waals surface area (Å²) in [6.07, 6.45) is 0. The first-order chi connectivity index (χ1) is 12.5. The molecule has 0 fully saturated rings. The number of rotatable bonds is 7. The molecule has 2 amide bonds. The van der Waals surface area contributed by atoms with Gasteiger partial charge in [-0.3, -0.25) is 9.59 Å². The molecule has 0 unspecified atom stereocenters. The predicted octanol–water partition coefficient (Wildman–Crippen LogP) is 3.14. The SMILES string of the molecule is COc1cccc(OC)c1C(=O)NCCN(C(C)=O)c1cccc(Cl)c1. The molecule has 2 aromatic carbocycles. The van der Waals surface area contributed by atoms with Gasteiger partial charge in [-0.05, 0) is 30.3 Å². The van der Waals surface area contributed by atoms with Gasteiger partial charge in [-0.1, -0.05) is 23.7 Å². The van der Waals surface area contributed by atoms with E-state index in [-0.39, 0.29) is 18.4 Å². The number of carbonyl (C=O) groups is 2. The van der Waals surface area contributed by atoms with Crippen molar-refractivity contribution in [1.29, 1.82) is 0 Å². The second kappa shape index (κ2) is 9.10. The minimum Gasteiger partial charge on any atom is -0.496 e. The number of amides is 2. The van der Waals surface area contributed by atoms with Crippen LogP contribution in [0.4, 0.5) is 5.69 Å². The average molecular weight is 377 g/mol. The van der Waals surface area contributed by atoms with Crippen LogP contribution >= 0.6 is 11.6 Å². The summed E-state index contributed by atoms with van der Waals surface area (Å²) < 4.78 is 10.5. The summed E-state index contributed by atoms with van der Waals surface area (Å²) in [5.41, 5.74) is 0.990. The zero-order chi connectivity index (χ0) is 19.1. The minimum atomic E-state index is -0.339. The van der Waals surface area contributed by atoms with E-state index in [4.69, 9.17) is 21.1 Å². The predicted molar refractivity (Wildman–Crippen MR) is 101 cm³/mol. The Hall–Kier alpha value is -2.73. The van der Waals surface area contributed by atoms with Gasteiger partial charge in [0.25, 0.3) is 5.91 Å². The average Bonchev–Trinajstić information content (AvgIpc) is 2.63. The van der Waals surface area contributed by atoms with E-state index in [1.54, 1.807) is 47.4 Å². The van der Waals surface area contributed by atoms with Crippen molar-refractivity contribution in [3.63, 3.8) is 0 Å². The number of nitrogens with one attached hydrogen (secondary N) is 1. The van der Waals surface area contributed by atoms with Gasteiger partial charge in [0.1, 0.15) is 17.1 Å². The molecular formula is C19H21ClN2O4. The third-order valence-electron chi connectivity index (χ3n) is 3.78. The lowest BCUT2D eigenvalue weighted by Crippen LogP contribution is -2.37. The number of carbonyl (C=O) groups excluding carboxylic acids is 2. The Morgan fingerprint density at radius 3 is 2.23 bits per heavy atom. The Balaban J connectivity index is 2.08. The molecule has 0 atom stereocenters. The minimum absolute atomic E-state index is 0.142. The van der Waals surface area contributed by atoms with E-state index in [0.717, 1.165) is 0 Å². The highest BCUT2D eigenvalue weighted by Crippen LogP contribution is 2.28. The fraction of sp³-hybridized carbons (Fsp3) is 0.263. The molecule has 0 heterocycles. The number of halogens is 1. The van der Waals surface area contributed by atoms with Gasteiger partial charge in [0, 0.05) is 30.7 Å². The molecule has 0 radical (unpaired) electrons. The molecule has 6 nitrogen and oxygen atoms in total. The summed E-state index contributed by atoms with van der Waals surface area (Å²) in [7, 11) is 2.98. The van der Waals surface area contributed by atoms with Gasteiger partial charge in [0.05, 0.1) is 14.2 Å². The van der Waals surface area contributed by atoms with Crippen LogP contribution in [0.2, 0.25) is 5.02 Å². The smallest absolute Gasteiger partial charge is 0.258 e. The Labute approximate surface area is 157 Å². The molecule has 0 bridgehead atoms. The molecule has 2 rings (SSSR count). The second-order valence-electron chi connectivity index (χ2n) is 5.44. The van der Waals surface area contributed by atoms with Crippen LogP contribution in [-0.2, 0) is 4.79 Å². The second-order valence-corrected chi connectivity index (χ2v) is 5.88. The van der Waals surface area contributed by atoms with E-state index in [1.807, 2.05) is 0 Å². The molecule has 0 aliphatic rings. The fourth-order valence-electron chi connectivity index (χ4n) is 2.56. The molecule has 0 spiro atoms. The van der Waals surface area contributed by atoms with E-state index >= 15 is 0 Å². The molecular weight excluding hydrogens is 356 g/mol. The first-order valence-electron chi connectivity index (χ1n) is 8.00. The molecule has 7 heteroatoms. The van der Waals surface area contributed by atoms with Crippen molar-refractivity contribution in [1.82, 2.24) is 5.32 Å². The highest BCUT2D eigenvalue weighted by molar-refractivity contribution is 6.30. The van der Waals surface area contributed by atoms with E-state index in [1.165, 1.54) is 21.1 Å². The topological polar surface area (TPSA) is 67.9 Å². The van der Waals surface area contributed by atoms with Crippen LogP contribution in [0.25, 0.3) is 0 Å². The maximum Gasteiger partial charge on any atom is 0.258 e. The third-order valence-corrected chi connectivity index (χ3v) is 4.01. The molecule has 0 aromatic heterocycles. The van der Waals surface area contributed by atoms with Crippen molar-refractivity contribution in [2.75, 3.05) is 32.2 Å². The molecule has 0 aliphatic heterocycles. The van der Waals surface area contributed by atoms with Crippen molar-refractivity contribution < 1.29 is 19.1 Å². The lowest BCUT2D eigenvalue weighted by atomic mass is 10.1. The van der Waals surface area contributed by atoms with Crippen LogP contribution in [0.1, 0.15) is 17.3 Å². The third kappa shape index (κ3) is 4.67. The summed E-state index contributed by atoms with van der Waals surface area (Å²) in [5.74, 6) is 0.352. The summed E-state index contributed by atoms with van der Waals surface area (Å²) in [6, 6.07) is 12.1. The van der Waals surface area contributed by atoms with Gasteiger partial charge in [-0.15, -0.1) is 0 Å². The largest absolute Gasteiger partial charge is 0.496 e. The summed E-state index contributed by atoms with van der Waals surface area (Å²) in [6.45, 7) is 2.02. The number of ether oxygens (including phenoxy) is 2. The van der Waals surface area contributed by atoms with Crippen LogP contribution < -0.4 is 19.7 Å². The first-order valence-corrected chi connectivity index (χ1v) is 8.38. The zero-order valence-electron chi connectivity index (χ0n) is 14.9. The van der Waals surface area contributed by atoms with E-state index < -0.39 is 0 Å². The van der Waals surface area contributed by atoms with Crippen molar-refractivity contribution in [3.05, 3.63) is 53.1 Å². The molecule has 0 saturated heterocycles. The van der Waals surface area contributed by atoms with Gasteiger partial charge in [0.15, 0.2) is 0 Å².